The van der Waals surface area contributed by atoms with Crippen molar-refractivity contribution in [1.82, 2.24) is 15.2 Å². The highest BCUT2D eigenvalue weighted by Gasteiger charge is 2.11. The molecule has 0 bridgehead atoms. The van der Waals surface area contributed by atoms with Crippen LogP contribution in [0.5, 0.6) is 0 Å². The molecule has 1 saturated heterocycles. The summed E-state index contributed by atoms with van der Waals surface area (Å²) in [5.41, 5.74) is 1.31. The molecule has 132 valence electrons. The summed E-state index contributed by atoms with van der Waals surface area (Å²) in [7, 11) is 0. The fraction of sp³-hybridized carbons (Fsp3) is 0.333. The van der Waals surface area contributed by atoms with E-state index in [2.05, 4.69) is 20.5 Å². The van der Waals surface area contributed by atoms with E-state index in [1.54, 1.807) is 24.4 Å². The van der Waals surface area contributed by atoms with E-state index in [0.29, 0.717) is 22.9 Å². The van der Waals surface area contributed by atoms with Crippen LogP contribution in [-0.2, 0) is 4.74 Å². The number of para-hydroxylation sites is 1. The van der Waals surface area contributed by atoms with E-state index in [-0.39, 0.29) is 5.91 Å². The van der Waals surface area contributed by atoms with Gasteiger partial charge in [-0.1, -0.05) is 23.7 Å². The van der Waals surface area contributed by atoms with Gasteiger partial charge < -0.3 is 15.4 Å². The molecule has 0 aliphatic carbocycles. The Bertz CT molecular complexity index is 720. The number of amides is 1. The number of nitrogens with zero attached hydrogens (tertiary/aromatic N) is 2. The normalized spacial score (nSPS) is 14.9. The number of pyridine rings is 1. The lowest BCUT2D eigenvalue weighted by molar-refractivity contribution is 0.0383. The summed E-state index contributed by atoms with van der Waals surface area (Å²) in [4.78, 5) is 18.8. The minimum atomic E-state index is -0.113. The number of benzene rings is 1. The van der Waals surface area contributed by atoms with Crippen LogP contribution < -0.4 is 10.6 Å². The van der Waals surface area contributed by atoms with Gasteiger partial charge in [0.1, 0.15) is 5.82 Å². The molecule has 7 heteroatoms. The van der Waals surface area contributed by atoms with Crippen LogP contribution in [0.25, 0.3) is 0 Å². The maximum absolute atomic E-state index is 12.3. The third-order valence-corrected chi connectivity index (χ3v) is 4.31. The standard InChI is InChI=1S/C18H21ClN4O2/c19-15-3-1-2-4-16(15)22-17-13-14(5-6-20-17)18(24)21-7-8-23-9-11-25-12-10-23/h1-6,13H,7-12H2,(H,20,22)(H,21,24). The van der Waals surface area contributed by atoms with Crippen molar-refractivity contribution in [2.75, 3.05) is 44.7 Å². The molecular weight excluding hydrogens is 340 g/mol. The molecule has 0 spiro atoms. The molecule has 3 rings (SSSR count). The molecule has 0 atom stereocenters. The molecule has 0 radical (unpaired) electrons. The van der Waals surface area contributed by atoms with Crippen LogP contribution in [0.2, 0.25) is 5.02 Å². The number of rotatable bonds is 6. The van der Waals surface area contributed by atoms with Crippen LogP contribution in [0, 0.1) is 0 Å². The van der Waals surface area contributed by atoms with Gasteiger partial charge in [0.25, 0.3) is 5.91 Å². The lowest BCUT2D eigenvalue weighted by Gasteiger charge is -2.26. The van der Waals surface area contributed by atoms with Crippen LogP contribution in [0.1, 0.15) is 10.4 Å². The Kier molecular flexibility index (Phi) is 6.22. The van der Waals surface area contributed by atoms with Crippen molar-refractivity contribution in [3.63, 3.8) is 0 Å². The van der Waals surface area contributed by atoms with Gasteiger partial charge in [0, 0.05) is 37.9 Å². The van der Waals surface area contributed by atoms with Gasteiger partial charge in [0.2, 0.25) is 0 Å². The maximum Gasteiger partial charge on any atom is 0.251 e. The van der Waals surface area contributed by atoms with Crippen molar-refractivity contribution in [1.29, 1.82) is 0 Å². The van der Waals surface area contributed by atoms with Crippen molar-refractivity contribution in [2.24, 2.45) is 0 Å². The molecule has 25 heavy (non-hydrogen) atoms. The SMILES string of the molecule is O=C(NCCN1CCOCC1)c1ccnc(Nc2ccccc2Cl)c1. The van der Waals surface area contributed by atoms with Crippen LogP contribution >= 0.6 is 11.6 Å². The van der Waals surface area contributed by atoms with Crippen LogP contribution in [-0.4, -0.2) is 55.2 Å². The number of nitrogens with one attached hydrogen (secondary N) is 2. The first-order chi connectivity index (χ1) is 12.2. The topological polar surface area (TPSA) is 66.5 Å². The monoisotopic (exact) mass is 360 g/mol. The Morgan fingerprint density at radius 3 is 2.84 bits per heavy atom. The molecule has 1 fully saturated rings. The lowest BCUT2D eigenvalue weighted by atomic mass is 10.2. The van der Waals surface area contributed by atoms with Crippen molar-refractivity contribution < 1.29 is 9.53 Å². The summed E-state index contributed by atoms with van der Waals surface area (Å²) in [6, 6.07) is 10.8. The first-order valence-corrected chi connectivity index (χ1v) is 8.66. The van der Waals surface area contributed by atoms with Gasteiger partial charge in [-0.05, 0) is 24.3 Å². The van der Waals surface area contributed by atoms with E-state index in [0.717, 1.165) is 38.5 Å². The number of halogens is 1. The van der Waals surface area contributed by atoms with Gasteiger partial charge in [0.15, 0.2) is 0 Å². The number of ether oxygens (including phenoxy) is 1. The number of carbonyl (C=O) groups excluding carboxylic acids is 1. The number of hydrogen-bond donors (Lipinski definition) is 2. The Balaban J connectivity index is 1.55. The second-order valence-electron chi connectivity index (χ2n) is 5.74. The summed E-state index contributed by atoms with van der Waals surface area (Å²) in [5, 5.41) is 6.68. The van der Waals surface area contributed by atoms with Gasteiger partial charge in [-0.25, -0.2) is 4.98 Å². The summed E-state index contributed by atoms with van der Waals surface area (Å²) in [6.45, 7) is 4.78. The van der Waals surface area contributed by atoms with Crippen molar-refractivity contribution in [3.05, 3.63) is 53.2 Å². The predicted molar refractivity (Wildman–Crippen MR) is 98.6 cm³/mol. The van der Waals surface area contributed by atoms with E-state index in [1.807, 2.05) is 18.2 Å². The smallest absolute Gasteiger partial charge is 0.251 e. The Labute approximate surface area is 152 Å². The van der Waals surface area contributed by atoms with Gasteiger partial charge in [-0.15, -0.1) is 0 Å². The highest BCUT2D eigenvalue weighted by molar-refractivity contribution is 6.33. The molecule has 0 unspecified atom stereocenters. The highest BCUT2D eigenvalue weighted by atomic mass is 35.5. The average Bonchev–Trinajstić information content (AvgIpc) is 2.65. The van der Waals surface area contributed by atoms with Crippen molar-refractivity contribution >= 4 is 29.0 Å². The minimum Gasteiger partial charge on any atom is -0.379 e. The molecule has 1 aliphatic rings. The summed E-state index contributed by atoms with van der Waals surface area (Å²) in [5.74, 6) is 0.465. The molecule has 1 amide bonds. The molecule has 2 N–H and O–H groups in total. The second-order valence-corrected chi connectivity index (χ2v) is 6.15. The molecule has 0 saturated carbocycles. The zero-order valence-electron chi connectivity index (χ0n) is 13.9. The summed E-state index contributed by atoms with van der Waals surface area (Å²) >= 11 is 6.14. The second kappa shape index (κ2) is 8.80. The number of morpholine rings is 1. The average molecular weight is 361 g/mol. The fourth-order valence-corrected chi connectivity index (χ4v) is 2.78. The zero-order chi connectivity index (χ0) is 17.5. The number of carbonyl (C=O) groups is 1. The molecular formula is C18H21ClN4O2. The van der Waals surface area contributed by atoms with Gasteiger partial charge in [-0.3, -0.25) is 9.69 Å². The van der Waals surface area contributed by atoms with Gasteiger partial charge in [-0.2, -0.15) is 0 Å². The third kappa shape index (κ3) is 5.16. The fourth-order valence-electron chi connectivity index (χ4n) is 2.60. The van der Waals surface area contributed by atoms with E-state index in [9.17, 15) is 4.79 Å². The third-order valence-electron chi connectivity index (χ3n) is 3.98. The summed E-state index contributed by atoms with van der Waals surface area (Å²) < 4.78 is 5.31. The number of anilines is 2. The first-order valence-electron chi connectivity index (χ1n) is 8.28. The number of aromatic nitrogens is 1. The van der Waals surface area contributed by atoms with Gasteiger partial charge >= 0.3 is 0 Å². The predicted octanol–water partition coefficient (Wildman–Crippen LogP) is 2.54. The van der Waals surface area contributed by atoms with E-state index < -0.39 is 0 Å². The van der Waals surface area contributed by atoms with Gasteiger partial charge in [0.05, 0.1) is 23.9 Å². The molecule has 1 aromatic carbocycles. The van der Waals surface area contributed by atoms with Crippen molar-refractivity contribution in [2.45, 2.75) is 0 Å². The molecule has 2 heterocycles. The number of hydrogen-bond acceptors (Lipinski definition) is 5. The van der Waals surface area contributed by atoms with Crippen LogP contribution in [0.4, 0.5) is 11.5 Å². The highest BCUT2D eigenvalue weighted by Crippen LogP contribution is 2.24. The molecule has 2 aromatic rings. The largest absolute Gasteiger partial charge is 0.379 e. The van der Waals surface area contributed by atoms with Crippen molar-refractivity contribution in [3.8, 4) is 0 Å². The molecule has 1 aromatic heterocycles. The van der Waals surface area contributed by atoms with E-state index >= 15 is 0 Å². The maximum atomic E-state index is 12.3. The minimum absolute atomic E-state index is 0.113. The van der Waals surface area contributed by atoms with Crippen LogP contribution in [0.15, 0.2) is 42.6 Å². The Morgan fingerprint density at radius 2 is 2.04 bits per heavy atom. The first kappa shape index (κ1) is 17.7. The van der Waals surface area contributed by atoms with Crippen LogP contribution in [0.3, 0.4) is 0 Å². The zero-order valence-corrected chi connectivity index (χ0v) is 14.6. The molecule has 1 aliphatic heterocycles. The quantitative estimate of drug-likeness (QED) is 0.828. The van der Waals surface area contributed by atoms with E-state index in [1.165, 1.54) is 0 Å². The Hall–Kier alpha value is -2.15. The Morgan fingerprint density at radius 1 is 1.24 bits per heavy atom. The lowest BCUT2D eigenvalue weighted by Crippen LogP contribution is -2.41. The van der Waals surface area contributed by atoms with E-state index in [4.69, 9.17) is 16.3 Å². The molecule has 6 nitrogen and oxygen atoms in total. The summed E-state index contributed by atoms with van der Waals surface area (Å²) in [6.07, 6.45) is 1.61.